The van der Waals surface area contributed by atoms with Crippen molar-refractivity contribution in [1.29, 1.82) is 0 Å². The Morgan fingerprint density at radius 3 is 2.69 bits per heavy atom. The molecule has 0 bridgehead atoms. The van der Waals surface area contributed by atoms with Gasteiger partial charge >= 0.3 is 0 Å². The first kappa shape index (κ1) is 8.23. The summed E-state index contributed by atoms with van der Waals surface area (Å²) < 4.78 is 1.95. The van der Waals surface area contributed by atoms with E-state index in [2.05, 4.69) is 36.9 Å². The molecule has 0 saturated carbocycles. The van der Waals surface area contributed by atoms with Gasteiger partial charge in [-0.3, -0.25) is 4.40 Å². The van der Waals surface area contributed by atoms with E-state index in [0.717, 1.165) is 5.65 Å². The van der Waals surface area contributed by atoms with Crippen LogP contribution in [-0.4, -0.2) is 14.4 Å². The molecule has 13 heavy (non-hydrogen) atoms. The van der Waals surface area contributed by atoms with Crippen molar-refractivity contribution < 1.29 is 0 Å². The van der Waals surface area contributed by atoms with Gasteiger partial charge in [-0.15, -0.1) is 0 Å². The minimum atomic E-state index is 0.144. The van der Waals surface area contributed by atoms with Crippen molar-refractivity contribution >= 4 is 5.65 Å². The Labute approximate surface area is 77.4 Å². The number of rotatable bonds is 0. The number of fused-ring (bicyclic) bond motifs is 1. The second-order valence-electron chi connectivity index (χ2n) is 4.25. The highest BCUT2D eigenvalue weighted by molar-refractivity contribution is 5.36. The van der Waals surface area contributed by atoms with Crippen LogP contribution in [0.15, 0.2) is 24.9 Å². The molecule has 3 nitrogen and oxygen atoms in total. The summed E-state index contributed by atoms with van der Waals surface area (Å²) in [6, 6.07) is 0. The van der Waals surface area contributed by atoms with Crippen molar-refractivity contribution in [3.05, 3.63) is 30.5 Å². The number of aromatic nitrogens is 3. The molecular formula is C10H13N3. The summed E-state index contributed by atoms with van der Waals surface area (Å²) in [6.45, 7) is 6.52. The summed E-state index contributed by atoms with van der Waals surface area (Å²) in [5.74, 6) is 0. The van der Waals surface area contributed by atoms with E-state index in [1.54, 1.807) is 12.5 Å². The second kappa shape index (κ2) is 2.55. The SMILES string of the molecule is CC(C)(C)c1cnc2cncn2c1. The molecule has 0 radical (unpaired) electrons. The predicted octanol–water partition coefficient (Wildman–Crippen LogP) is 2.03. The summed E-state index contributed by atoms with van der Waals surface area (Å²) in [7, 11) is 0. The molecule has 2 heterocycles. The van der Waals surface area contributed by atoms with Crippen LogP contribution in [0.5, 0.6) is 0 Å². The zero-order valence-electron chi connectivity index (χ0n) is 8.15. The van der Waals surface area contributed by atoms with Gasteiger partial charge in [0.15, 0.2) is 5.65 Å². The Bertz CT molecular complexity index is 423. The second-order valence-corrected chi connectivity index (χ2v) is 4.25. The largest absolute Gasteiger partial charge is 0.290 e. The lowest BCUT2D eigenvalue weighted by Gasteiger charge is -2.18. The summed E-state index contributed by atoms with van der Waals surface area (Å²) in [5.41, 5.74) is 2.26. The van der Waals surface area contributed by atoms with Crippen LogP contribution in [0.25, 0.3) is 5.65 Å². The normalized spacial score (nSPS) is 12.2. The smallest absolute Gasteiger partial charge is 0.156 e. The highest BCUT2D eigenvalue weighted by Gasteiger charge is 2.14. The number of hydrogen-bond acceptors (Lipinski definition) is 2. The Morgan fingerprint density at radius 1 is 1.23 bits per heavy atom. The lowest BCUT2D eigenvalue weighted by molar-refractivity contribution is 0.583. The fraction of sp³-hybridized carbons (Fsp3) is 0.400. The lowest BCUT2D eigenvalue weighted by Crippen LogP contribution is -2.12. The number of imidazole rings is 1. The fourth-order valence-electron chi connectivity index (χ4n) is 1.20. The van der Waals surface area contributed by atoms with E-state index in [-0.39, 0.29) is 5.41 Å². The van der Waals surface area contributed by atoms with Gasteiger partial charge in [-0.25, -0.2) is 9.97 Å². The Balaban J connectivity index is 2.61. The van der Waals surface area contributed by atoms with Crippen molar-refractivity contribution in [1.82, 2.24) is 14.4 Å². The molecule has 0 atom stereocenters. The molecule has 0 spiro atoms. The Kier molecular flexibility index (Phi) is 1.62. The van der Waals surface area contributed by atoms with Gasteiger partial charge < -0.3 is 0 Å². The minimum absolute atomic E-state index is 0.144. The topological polar surface area (TPSA) is 30.2 Å². The molecule has 0 aliphatic heterocycles. The fourth-order valence-corrected chi connectivity index (χ4v) is 1.20. The van der Waals surface area contributed by atoms with Crippen molar-refractivity contribution in [2.75, 3.05) is 0 Å². The van der Waals surface area contributed by atoms with Crippen LogP contribution in [0.1, 0.15) is 26.3 Å². The molecule has 0 saturated heterocycles. The van der Waals surface area contributed by atoms with Gasteiger partial charge in [0.2, 0.25) is 0 Å². The van der Waals surface area contributed by atoms with Gasteiger partial charge in [-0.1, -0.05) is 20.8 Å². The first-order valence-corrected chi connectivity index (χ1v) is 4.35. The van der Waals surface area contributed by atoms with E-state index in [0.29, 0.717) is 0 Å². The molecule has 0 aliphatic rings. The van der Waals surface area contributed by atoms with E-state index >= 15 is 0 Å². The van der Waals surface area contributed by atoms with Crippen molar-refractivity contribution in [2.45, 2.75) is 26.2 Å². The number of hydrogen-bond donors (Lipinski definition) is 0. The van der Waals surface area contributed by atoms with Gasteiger partial charge in [-0.05, 0) is 11.0 Å². The molecular weight excluding hydrogens is 162 g/mol. The van der Waals surface area contributed by atoms with E-state index in [1.165, 1.54) is 5.56 Å². The molecule has 2 rings (SSSR count). The summed E-state index contributed by atoms with van der Waals surface area (Å²) in [5, 5.41) is 0. The van der Waals surface area contributed by atoms with Gasteiger partial charge in [0.05, 0.1) is 6.20 Å². The quantitative estimate of drug-likeness (QED) is 0.613. The van der Waals surface area contributed by atoms with E-state index in [9.17, 15) is 0 Å². The molecule has 0 unspecified atom stereocenters. The third-order valence-corrected chi connectivity index (χ3v) is 2.13. The summed E-state index contributed by atoms with van der Waals surface area (Å²) >= 11 is 0. The van der Waals surface area contributed by atoms with Crippen LogP contribution in [-0.2, 0) is 5.41 Å². The van der Waals surface area contributed by atoms with Crippen molar-refractivity contribution in [2.24, 2.45) is 0 Å². The highest BCUT2D eigenvalue weighted by atomic mass is 15.0. The average Bonchev–Trinajstić information content (AvgIpc) is 2.47. The van der Waals surface area contributed by atoms with Crippen LogP contribution in [0.4, 0.5) is 0 Å². The first-order chi connectivity index (χ1) is 6.07. The van der Waals surface area contributed by atoms with Crippen LogP contribution in [0.2, 0.25) is 0 Å². The molecule has 0 N–H and O–H groups in total. The van der Waals surface area contributed by atoms with Crippen LogP contribution >= 0.6 is 0 Å². The maximum atomic E-state index is 4.31. The van der Waals surface area contributed by atoms with Crippen LogP contribution < -0.4 is 0 Å². The predicted molar refractivity (Wildman–Crippen MR) is 51.7 cm³/mol. The lowest BCUT2D eigenvalue weighted by atomic mass is 9.89. The van der Waals surface area contributed by atoms with Crippen molar-refractivity contribution in [3.63, 3.8) is 0 Å². The van der Waals surface area contributed by atoms with Gasteiger partial charge in [-0.2, -0.15) is 0 Å². The monoisotopic (exact) mass is 175 g/mol. The van der Waals surface area contributed by atoms with E-state index in [4.69, 9.17) is 0 Å². The molecule has 3 heteroatoms. The molecule has 0 aromatic carbocycles. The maximum absolute atomic E-state index is 4.31. The zero-order valence-corrected chi connectivity index (χ0v) is 8.15. The standard InChI is InChI=1S/C10H13N3/c1-10(2,3)8-4-12-9-5-11-7-13(9)6-8/h4-7H,1-3H3. The van der Waals surface area contributed by atoms with Gasteiger partial charge in [0.25, 0.3) is 0 Å². The number of nitrogens with zero attached hydrogens (tertiary/aromatic N) is 3. The third-order valence-electron chi connectivity index (χ3n) is 2.13. The Hall–Kier alpha value is -1.38. The highest BCUT2D eigenvalue weighted by Crippen LogP contribution is 2.20. The first-order valence-electron chi connectivity index (χ1n) is 4.35. The summed E-state index contributed by atoms with van der Waals surface area (Å²) in [4.78, 5) is 8.33. The minimum Gasteiger partial charge on any atom is -0.290 e. The van der Waals surface area contributed by atoms with Gasteiger partial charge in [0.1, 0.15) is 6.33 Å². The maximum Gasteiger partial charge on any atom is 0.156 e. The molecule has 2 aromatic rings. The zero-order chi connectivity index (χ0) is 9.47. The van der Waals surface area contributed by atoms with E-state index < -0.39 is 0 Å². The summed E-state index contributed by atoms with van der Waals surface area (Å²) in [6.07, 6.45) is 7.52. The molecule has 0 aliphatic carbocycles. The van der Waals surface area contributed by atoms with Gasteiger partial charge in [0, 0.05) is 12.4 Å². The average molecular weight is 175 g/mol. The molecule has 0 amide bonds. The molecule has 2 aromatic heterocycles. The van der Waals surface area contributed by atoms with Crippen LogP contribution in [0, 0.1) is 0 Å². The Morgan fingerprint density at radius 2 is 2.00 bits per heavy atom. The van der Waals surface area contributed by atoms with E-state index in [1.807, 2.05) is 10.6 Å². The van der Waals surface area contributed by atoms with Crippen molar-refractivity contribution in [3.8, 4) is 0 Å². The van der Waals surface area contributed by atoms with Crippen LogP contribution in [0.3, 0.4) is 0 Å². The third kappa shape index (κ3) is 1.41. The molecule has 68 valence electrons. The molecule has 0 fully saturated rings.